The largest absolute Gasteiger partial charge is 0.392 e. The molecule has 1 N–H and O–H groups in total. The topological polar surface area (TPSA) is 66.6 Å². The van der Waals surface area contributed by atoms with E-state index in [4.69, 9.17) is 5.11 Å². The molecule has 1 fully saturated rings. The molecule has 1 aliphatic heterocycles. The molecule has 1 unspecified atom stereocenters. The summed E-state index contributed by atoms with van der Waals surface area (Å²) >= 11 is 0. The van der Waals surface area contributed by atoms with Gasteiger partial charge in [-0.05, 0) is 31.4 Å². The van der Waals surface area contributed by atoms with Crippen LogP contribution < -0.4 is 4.90 Å². The number of hydrogen-bond acceptors (Lipinski definition) is 4. The van der Waals surface area contributed by atoms with Crippen molar-refractivity contribution in [2.75, 3.05) is 11.4 Å². The summed E-state index contributed by atoms with van der Waals surface area (Å²) in [4.78, 5) is 13.0. The molecule has 1 saturated heterocycles. The van der Waals surface area contributed by atoms with Crippen LogP contribution in [0.4, 0.5) is 11.4 Å². The minimum Gasteiger partial charge on any atom is -0.392 e. The molecule has 2 rings (SSSR count). The molecule has 1 aliphatic rings. The van der Waals surface area contributed by atoms with Crippen molar-refractivity contribution >= 4 is 11.4 Å². The Balaban J connectivity index is 2.39. The van der Waals surface area contributed by atoms with Crippen molar-refractivity contribution in [1.82, 2.24) is 0 Å². The van der Waals surface area contributed by atoms with E-state index in [-0.39, 0.29) is 17.2 Å². The number of anilines is 1. The molecule has 19 heavy (non-hydrogen) atoms. The van der Waals surface area contributed by atoms with Gasteiger partial charge in [0.2, 0.25) is 0 Å². The SMILES string of the molecule is CC1CCCCCN1c1ccc(CO)cc1[N+](=O)[O-]. The lowest BCUT2D eigenvalue weighted by Gasteiger charge is -2.29. The van der Waals surface area contributed by atoms with Crippen LogP contribution in [0.5, 0.6) is 0 Å². The first-order valence-electron chi connectivity index (χ1n) is 6.78. The molecule has 5 heteroatoms. The summed E-state index contributed by atoms with van der Waals surface area (Å²) in [7, 11) is 0. The fraction of sp³-hybridized carbons (Fsp3) is 0.571. The van der Waals surface area contributed by atoms with Crippen LogP contribution in [0.2, 0.25) is 0 Å². The standard InChI is InChI=1S/C14H20N2O3/c1-11-5-3-2-4-8-15(11)13-7-6-12(10-17)9-14(13)16(18)19/h6-7,9,11,17H,2-5,8,10H2,1H3. The van der Waals surface area contributed by atoms with Crippen molar-refractivity contribution in [3.05, 3.63) is 33.9 Å². The molecule has 1 aromatic rings. The number of nitro groups is 1. The first kappa shape index (κ1) is 13.8. The van der Waals surface area contributed by atoms with Crippen LogP contribution in [0.15, 0.2) is 18.2 Å². The van der Waals surface area contributed by atoms with Gasteiger partial charge >= 0.3 is 0 Å². The summed E-state index contributed by atoms with van der Waals surface area (Å²) in [5, 5.41) is 20.3. The molecule has 104 valence electrons. The summed E-state index contributed by atoms with van der Waals surface area (Å²) in [5.74, 6) is 0. The van der Waals surface area contributed by atoms with E-state index in [0.29, 0.717) is 17.3 Å². The molecule has 1 aromatic carbocycles. The Morgan fingerprint density at radius 2 is 2.21 bits per heavy atom. The predicted octanol–water partition coefficient (Wildman–Crippen LogP) is 2.86. The molecule has 1 atom stereocenters. The van der Waals surface area contributed by atoms with Gasteiger partial charge in [0.05, 0.1) is 11.5 Å². The summed E-state index contributed by atoms with van der Waals surface area (Å²) < 4.78 is 0. The van der Waals surface area contributed by atoms with Gasteiger partial charge in [-0.3, -0.25) is 10.1 Å². The van der Waals surface area contributed by atoms with E-state index < -0.39 is 0 Å². The molecule has 0 aromatic heterocycles. The van der Waals surface area contributed by atoms with Crippen molar-refractivity contribution in [1.29, 1.82) is 0 Å². The summed E-state index contributed by atoms with van der Waals surface area (Å²) in [5.41, 5.74) is 1.36. The average Bonchev–Trinajstić information content (AvgIpc) is 2.62. The highest BCUT2D eigenvalue weighted by Crippen LogP contribution is 2.33. The van der Waals surface area contributed by atoms with Crippen LogP contribution in [0, 0.1) is 10.1 Å². The van der Waals surface area contributed by atoms with Crippen molar-refractivity contribution in [3.8, 4) is 0 Å². The number of hydrogen-bond donors (Lipinski definition) is 1. The van der Waals surface area contributed by atoms with E-state index in [1.165, 1.54) is 18.9 Å². The molecule has 5 nitrogen and oxygen atoms in total. The van der Waals surface area contributed by atoms with E-state index in [1.807, 2.05) is 0 Å². The highest BCUT2D eigenvalue weighted by atomic mass is 16.6. The maximum absolute atomic E-state index is 11.2. The zero-order valence-corrected chi connectivity index (χ0v) is 11.2. The van der Waals surface area contributed by atoms with Crippen molar-refractivity contribution in [3.63, 3.8) is 0 Å². The van der Waals surface area contributed by atoms with E-state index in [1.54, 1.807) is 12.1 Å². The highest BCUT2D eigenvalue weighted by Gasteiger charge is 2.24. The molecule has 0 bridgehead atoms. The Hall–Kier alpha value is -1.62. The van der Waals surface area contributed by atoms with Gasteiger partial charge in [-0.15, -0.1) is 0 Å². The van der Waals surface area contributed by atoms with E-state index >= 15 is 0 Å². The molecule has 0 amide bonds. The number of aliphatic hydroxyl groups excluding tert-OH is 1. The van der Waals surface area contributed by atoms with Crippen molar-refractivity contribution in [2.45, 2.75) is 45.3 Å². The van der Waals surface area contributed by atoms with Gasteiger partial charge < -0.3 is 10.0 Å². The maximum atomic E-state index is 11.2. The fourth-order valence-corrected chi connectivity index (χ4v) is 2.69. The second-order valence-electron chi connectivity index (χ2n) is 5.13. The zero-order chi connectivity index (χ0) is 13.8. The van der Waals surface area contributed by atoms with Crippen molar-refractivity contribution < 1.29 is 10.0 Å². The number of nitro benzene ring substituents is 1. The lowest BCUT2D eigenvalue weighted by molar-refractivity contribution is -0.384. The first-order chi connectivity index (χ1) is 9.13. The van der Waals surface area contributed by atoms with E-state index in [2.05, 4.69) is 11.8 Å². The molecule has 1 heterocycles. The van der Waals surface area contributed by atoms with Gasteiger partial charge in [-0.25, -0.2) is 0 Å². The van der Waals surface area contributed by atoms with Gasteiger partial charge in [-0.2, -0.15) is 0 Å². The summed E-state index contributed by atoms with van der Waals surface area (Å²) in [6, 6.07) is 5.33. The van der Waals surface area contributed by atoms with Crippen LogP contribution in [0.3, 0.4) is 0 Å². The number of nitrogens with zero attached hydrogens (tertiary/aromatic N) is 2. The monoisotopic (exact) mass is 264 g/mol. The molecular weight excluding hydrogens is 244 g/mol. The van der Waals surface area contributed by atoms with Gasteiger partial charge in [0.25, 0.3) is 5.69 Å². The molecule has 0 aliphatic carbocycles. The summed E-state index contributed by atoms with van der Waals surface area (Å²) in [6.07, 6.45) is 4.51. The van der Waals surface area contributed by atoms with Gasteiger partial charge in [0.1, 0.15) is 5.69 Å². The third-order valence-electron chi connectivity index (χ3n) is 3.78. The maximum Gasteiger partial charge on any atom is 0.292 e. The van der Waals surface area contributed by atoms with E-state index in [0.717, 1.165) is 19.4 Å². The summed E-state index contributed by atoms with van der Waals surface area (Å²) in [6.45, 7) is 2.81. The number of rotatable bonds is 3. The molecular formula is C14H20N2O3. The van der Waals surface area contributed by atoms with Crippen LogP contribution in [0.25, 0.3) is 0 Å². The molecule has 0 spiro atoms. The lowest BCUT2D eigenvalue weighted by atomic mass is 10.1. The number of benzene rings is 1. The predicted molar refractivity (Wildman–Crippen MR) is 74.3 cm³/mol. The Labute approximate surface area is 113 Å². The average molecular weight is 264 g/mol. The van der Waals surface area contributed by atoms with Crippen LogP contribution in [-0.4, -0.2) is 22.6 Å². The van der Waals surface area contributed by atoms with Crippen LogP contribution in [0.1, 0.15) is 38.2 Å². The Morgan fingerprint density at radius 1 is 1.42 bits per heavy atom. The Morgan fingerprint density at radius 3 is 2.89 bits per heavy atom. The van der Waals surface area contributed by atoms with Gasteiger partial charge in [-0.1, -0.05) is 18.9 Å². The Bertz CT molecular complexity index is 462. The highest BCUT2D eigenvalue weighted by molar-refractivity contribution is 5.65. The van der Waals surface area contributed by atoms with E-state index in [9.17, 15) is 10.1 Å². The normalized spacial score (nSPS) is 20.1. The Kier molecular flexibility index (Phi) is 4.37. The smallest absolute Gasteiger partial charge is 0.292 e. The molecule has 0 radical (unpaired) electrons. The minimum absolute atomic E-state index is 0.0975. The lowest BCUT2D eigenvalue weighted by Crippen LogP contribution is -2.32. The fourth-order valence-electron chi connectivity index (χ4n) is 2.69. The second kappa shape index (κ2) is 6.02. The van der Waals surface area contributed by atoms with Crippen LogP contribution >= 0.6 is 0 Å². The minimum atomic E-state index is -0.355. The van der Waals surface area contributed by atoms with Gasteiger partial charge in [0, 0.05) is 18.7 Å². The third-order valence-corrected chi connectivity index (χ3v) is 3.78. The second-order valence-corrected chi connectivity index (χ2v) is 5.13. The van der Waals surface area contributed by atoms with Gasteiger partial charge in [0.15, 0.2) is 0 Å². The van der Waals surface area contributed by atoms with Crippen LogP contribution in [-0.2, 0) is 6.61 Å². The molecule has 0 saturated carbocycles. The zero-order valence-electron chi connectivity index (χ0n) is 11.2. The third kappa shape index (κ3) is 3.04. The quantitative estimate of drug-likeness (QED) is 0.673. The van der Waals surface area contributed by atoms with Crippen molar-refractivity contribution in [2.24, 2.45) is 0 Å². The first-order valence-corrected chi connectivity index (χ1v) is 6.78. The number of aliphatic hydroxyl groups is 1.